The number of urea groups is 1. The van der Waals surface area contributed by atoms with Gasteiger partial charge in [0.2, 0.25) is 0 Å². The average molecular weight is 258 g/mol. The minimum absolute atomic E-state index is 0.197. The molecule has 1 aliphatic carbocycles. The van der Waals surface area contributed by atoms with Gasteiger partial charge in [-0.3, -0.25) is 4.79 Å². The molecule has 0 saturated heterocycles. The van der Waals surface area contributed by atoms with Gasteiger partial charge in [0.25, 0.3) is 0 Å². The second kappa shape index (κ2) is 7.20. The van der Waals surface area contributed by atoms with Crippen LogP contribution >= 0.6 is 0 Å². The quantitative estimate of drug-likeness (QED) is 0.594. The van der Waals surface area contributed by atoms with Crippen LogP contribution in [0, 0.1) is 5.41 Å². The molecule has 104 valence electrons. The van der Waals surface area contributed by atoms with Crippen LogP contribution < -0.4 is 10.6 Å². The Balaban J connectivity index is 2.26. The van der Waals surface area contributed by atoms with E-state index in [-0.39, 0.29) is 12.6 Å². The largest absolute Gasteiger partial charge is 0.481 e. The number of amides is 2. The van der Waals surface area contributed by atoms with Gasteiger partial charge in [-0.1, -0.05) is 12.8 Å². The van der Waals surface area contributed by atoms with Crippen LogP contribution in [0.15, 0.2) is 0 Å². The number of carbonyl (C=O) groups is 2. The van der Waals surface area contributed by atoms with E-state index in [0.717, 1.165) is 12.8 Å². The van der Waals surface area contributed by atoms with Crippen LogP contribution in [-0.4, -0.2) is 43.4 Å². The smallest absolute Gasteiger partial charge is 0.314 e. The standard InChI is InChI=1S/C12H22N2O4/c1-2-18-8-7-13-11(17)14-9-12(10(15)16)5-3-4-6-12/h2-9H2,1H3,(H,15,16)(H2,13,14,17). The second-order valence-corrected chi connectivity index (χ2v) is 4.60. The van der Waals surface area contributed by atoms with E-state index >= 15 is 0 Å². The number of ether oxygens (including phenoxy) is 1. The van der Waals surface area contributed by atoms with E-state index in [0.29, 0.717) is 32.6 Å². The summed E-state index contributed by atoms with van der Waals surface area (Å²) in [6.45, 7) is 3.60. The number of nitrogens with one attached hydrogen (secondary N) is 2. The summed E-state index contributed by atoms with van der Waals surface area (Å²) in [4.78, 5) is 22.7. The van der Waals surface area contributed by atoms with Crippen molar-refractivity contribution in [2.24, 2.45) is 5.41 Å². The van der Waals surface area contributed by atoms with Crippen LogP contribution in [0.4, 0.5) is 4.79 Å². The van der Waals surface area contributed by atoms with Gasteiger partial charge in [-0.2, -0.15) is 0 Å². The Kier molecular flexibility index (Phi) is 5.91. The minimum Gasteiger partial charge on any atom is -0.481 e. The van der Waals surface area contributed by atoms with Gasteiger partial charge in [0.15, 0.2) is 0 Å². The number of carboxylic acids is 1. The van der Waals surface area contributed by atoms with Crippen molar-refractivity contribution in [2.75, 3.05) is 26.3 Å². The highest BCUT2D eigenvalue weighted by atomic mass is 16.5. The predicted molar refractivity (Wildman–Crippen MR) is 66.4 cm³/mol. The van der Waals surface area contributed by atoms with E-state index in [4.69, 9.17) is 4.74 Å². The van der Waals surface area contributed by atoms with Crippen LogP contribution in [0.25, 0.3) is 0 Å². The van der Waals surface area contributed by atoms with E-state index in [1.54, 1.807) is 0 Å². The highest BCUT2D eigenvalue weighted by Gasteiger charge is 2.41. The van der Waals surface area contributed by atoms with E-state index in [2.05, 4.69) is 10.6 Å². The maximum atomic E-state index is 11.5. The Morgan fingerprint density at radius 1 is 1.28 bits per heavy atom. The average Bonchev–Trinajstić information content (AvgIpc) is 2.82. The van der Waals surface area contributed by atoms with Crippen molar-refractivity contribution >= 4 is 12.0 Å². The van der Waals surface area contributed by atoms with Crippen LogP contribution in [0.1, 0.15) is 32.6 Å². The molecule has 6 heteroatoms. The molecule has 0 atom stereocenters. The summed E-state index contributed by atoms with van der Waals surface area (Å²) < 4.78 is 5.08. The summed E-state index contributed by atoms with van der Waals surface area (Å²) in [5.74, 6) is -0.811. The fourth-order valence-electron chi connectivity index (χ4n) is 2.21. The summed E-state index contributed by atoms with van der Waals surface area (Å²) in [5.41, 5.74) is -0.767. The number of rotatable bonds is 7. The Bertz CT molecular complexity index is 288. The third-order valence-corrected chi connectivity index (χ3v) is 3.34. The molecular weight excluding hydrogens is 236 g/mol. The van der Waals surface area contributed by atoms with Gasteiger partial charge in [0.05, 0.1) is 12.0 Å². The lowest BCUT2D eigenvalue weighted by Gasteiger charge is -2.23. The van der Waals surface area contributed by atoms with Crippen molar-refractivity contribution in [3.8, 4) is 0 Å². The molecule has 0 spiro atoms. The molecule has 1 rings (SSSR count). The number of hydrogen-bond acceptors (Lipinski definition) is 3. The Morgan fingerprint density at radius 2 is 1.94 bits per heavy atom. The van der Waals surface area contributed by atoms with E-state index < -0.39 is 11.4 Å². The first kappa shape index (κ1) is 14.8. The van der Waals surface area contributed by atoms with Crippen LogP contribution in [0.5, 0.6) is 0 Å². The van der Waals surface area contributed by atoms with Crippen molar-refractivity contribution in [2.45, 2.75) is 32.6 Å². The lowest BCUT2D eigenvalue weighted by atomic mass is 9.86. The molecule has 1 saturated carbocycles. The normalized spacial score (nSPS) is 17.4. The molecule has 1 fully saturated rings. The summed E-state index contributed by atoms with van der Waals surface area (Å²) >= 11 is 0. The highest BCUT2D eigenvalue weighted by molar-refractivity contribution is 5.78. The van der Waals surface area contributed by atoms with Crippen LogP contribution in [0.2, 0.25) is 0 Å². The molecule has 1 aliphatic rings. The monoisotopic (exact) mass is 258 g/mol. The molecule has 3 N–H and O–H groups in total. The van der Waals surface area contributed by atoms with Gasteiger partial charge in [0, 0.05) is 19.7 Å². The van der Waals surface area contributed by atoms with Crippen molar-refractivity contribution in [3.63, 3.8) is 0 Å². The molecule has 2 amide bonds. The van der Waals surface area contributed by atoms with Gasteiger partial charge >= 0.3 is 12.0 Å². The Hall–Kier alpha value is -1.30. The van der Waals surface area contributed by atoms with Crippen molar-refractivity contribution < 1.29 is 19.4 Å². The number of carbonyl (C=O) groups excluding carboxylic acids is 1. The first-order chi connectivity index (χ1) is 8.60. The zero-order valence-electron chi connectivity index (χ0n) is 10.8. The maximum absolute atomic E-state index is 11.5. The fourth-order valence-corrected chi connectivity index (χ4v) is 2.21. The summed E-state index contributed by atoms with van der Waals surface area (Å²) in [7, 11) is 0. The van der Waals surface area contributed by atoms with Gasteiger partial charge < -0.3 is 20.5 Å². The molecule has 18 heavy (non-hydrogen) atoms. The molecule has 0 radical (unpaired) electrons. The van der Waals surface area contributed by atoms with Gasteiger partial charge in [-0.15, -0.1) is 0 Å². The van der Waals surface area contributed by atoms with Crippen molar-refractivity contribution in [1.82, 2.24) is 10.6 Å². The van der Waals surface area contributed by atoms with Crippen LogP contribution in [-0.2, 0) is 9.53 Å². The molecule has 0 bridgehead atoms. The molecule has 6 nitrogen and oxygen atoms in total. The summed E-state index contributed by atoms with van der Waals surface area (Å²) in [6, 6.07) is -0.331. The third-order valence-electron chi connectivity index (χ3n) is 3.34. The van der Waals surface area contributed by atoms with E-state index in [1.807, 2.05) is 6.92 Å². The van der Waals surface area contributed by atoms with Gasteiger partial charge in [0.1, 0.15) is 0 Å². The molecular formula is C12H22N2O4. The molecule has 0 aromatic carbocycles. The van der Waals surface area contributed by atoms with Gasteiger partial charge in [-0.05, 0) is 19.8 Å². The van der Waals surface area contributed by atoms with Crippen molar-refractivity contribution in [1.29, 1.82) is 0 Å². The predicted octanol–water partition coefficient (Wildman–Crippen LogP) is 0.967. The zero-order chi connectivity index (χ0) is 13.4. The number of hydrogen-bond donors (Lipinski definition) is 3. The lowest BCUT2D eigenvalue weighted by Crippen LogP contribution is -2.45. The molecule has 0 aliphatic heterocycles. The molecule has 0 aromatic heterocycles. The number of aliphatic carboxylic acids is 1. The first-order valence-corrected chi connectivity index (χ1v) is 6.43. The van der Waals surface area contributed by atoms with E-state index in [1.165, 1.54) is 0 Å². The van der Waals surface area contributed by atoms with Crippen LogP contribution in [0.3, 0.4) is 0 Å². The third kappa shape index (κ3) is 4.18. The Labute approximate surface area is 107 Å². The van der Waals surface area contributed by atoms with Crippen molar-refractivity contribution in [3.05, 3.63) is 0 Å². The highest BCUT2D eigenvalue weighted by Crippen LogP contribution is 2.37. The maximum Gasteiger partial charge on any atom is 0.314 e. The first-order valence-electron chi connectivity index (χ1n) is 6.43. The Morgan fingerprint density at radius 3 is 2.50 bits per heavy atom. The SMILES string of the molecule is CCOCCNC(=O)NCC1(C(=O)O)CCCC1. The fraction of sp³-hybridized carbons (Fsp3) is 0.833. The molecule has 0 aromatic rings. The van der Waals surface area contributed by atoms with E-state index in [9.17, 15) is 14.7 Å². The molecule has 0 heterocycles. The zero-order valence-corrected chi connectivity index (χ0v) is 10.8. The van der Waals surface area contributed by atoms with Gasteiger partial charge in [-0.25, -0.2) is 4.79 Å². The summed E-state index contributed by atoms with van der Waals surface area (Å²) in [5, 5.41) is 14.5. The topological polar surface area (TPSA) is 87.7 Å². The minimum atomic E-state index is -0.811. The molecule has 0 unspecified atom stereocenters. The lowest BCUT2D eigenvalue weighted by molar-refractivity contribution is -0.148. The second-order valence-electron chi connectivity index (χ2n) is 4.60. The summed E-state index contributed by atoms with van der Waals surface area (Å²) in [6.07, 6.45) is 3.11. The number of carboxylic acid groups (broad SMARTS) is 1.